The molecule has 4 aliphatic rings. The van der Waals surface area contributed by atoms with Crippen LogP contribution in [0.15, 0.2) is 48.5 Å². The lowest BCUT2D eigenvalue weighted by Gasteiger charge is -2.35. The first kappa shape index (κ1) is 28.8. The molecule has 0 amide bonds. The Morgan fingerprint density at radius 1 is 0.841 bits per heavy atom. The van der Waals surface area contributed by atoms with Crippen LogP contribution < -0.4 is 33.2 Å². The fraction of sp³-hybridized carbons (Fsp3) is 0.455. The van der Waals surface area contributed by atoms with Gasteiger partial charge < -0.3 is 52.5 Å². The Bertz CT molecular complexity index is 1500. The van der Waals surface area contributed by atoms with E-state index in [1.807, 2.05) is 24.3 Å². The van der Waals surface area contributed by atoms with Crippen LogP contribution in [0.2, 0.25) is 0 Å². The molecular formula is C33H36O11. The van der Waals surface area contributed by atoms with Gasteiger partial charge in [0.2, 0.25) is 18.8 Å². The topological polar surface area (TPSA) is 113 Å². The molecule has 11 heteroatoms. The van der Waals surface area contributed by atoms with E-state index in [1.165, 1.54) is 0 Å². The van der Waals surface area contributed by atoms with E-state index in [1.54, 1.807) is 46.6 Å². The molecule has 0 bridgehead atoms. The number of hydrogen-bond donors (Lipinski definition) is 1. The maximum atomic E-state index is 11.9. The van der Waals surface area contributed by atoms with Gasteiger partial charge in [-0.2, -0.15) is 0 Å². The Hall–Kier alpha value is -3.90. The minimum atomic E-state index is -1.42. The highest BCUT2D eigenvalue weighted by Crippen LogP contribution is 2.53. The third-order valence-corrected chi connectivity index (χ3v) is 8.93. The Morgan fingerprint density at radius 3 is 2.36 bits per heavy atom. The van der Waals surface area contributed by atoms with Crippen LogP contribution in [0.4, 0.5) is 0 Å². The molecule has 11 nitrogen and oxygen atoms in total. The molecule has 2 fully saturated rings. The molecule has 6 atom stereocenters. The van der Waals surface area contributed by atoms with E-state index in [0.29, 0.717) is 41.8 Å². The van der Waals surface area contributed by atoms with Gasteiger partial charge in [0.1, 0.15) is 17.6 Å². The van der Waals surface area contributed by atoms with Crippen molar-refractivity contribution in [3.63, 3.8) is 0 Å². The number of methoxy groups -OCH3 is 4. The minimum Gasteiger partial charge on any atom is -0.496 e. The minimum absolute atomic E-state index is 0.0136. The second kappa shape index (κ2) is 11.6. The van der Waals surface area contributed by atoms with Crippen molar-refractivity contribution in [2.75, 3.05) is 55.1 Å². The van der Waals surface area contributed by atoms with Crippen LogP contribution in [0.1, 0.15) is 28.9 Å². The highest BCUT2D eigenvalue weighted by atomic mass is 16.7. The molecule has 7 rings (SSSR count). The summed E-state index contributed by atoms with van der Waals surface area (Å²) in [6, 6.07) is 15.2. The standard InChI is InChI=1S/C33H36O11/c1-35-14-20-10-19-11-21(27(38-4)13-26(19)43-29(20)18-8-9-23-28(12-18)42-17-41-23)30-22-15-39-32(33(22,34)16-40-30)44-31-24(36-2)6-5-7-25(31)37-3/h5-9,11-13,20,22,29-30,32,34H,10,14-17H2,1-4H3. The molecule has 3 aromatic carbocycles. The lowest BCUT2D eigenvalue weighted by molar-refractivity contribution is -0.153. The summed E-state index contributed by atoms with van der Waals surface area (Å²) >= 11 is 0. The molecule has 0 radical (unpaired) electrons. The van der Waals surface area contributed by atoms with Crippen molar-refractivity contribution in [1.29, 1.82) is 0 Å². The summed E-state index contributed by atoms with van der Waals surface area (Å²) in [4.78, 5) is 0. The van der Waals surface area contributed by atoms with Crippen LogP contribution in [0.5, 0.6) is 40.2 Å². The number of fused-ring (bicyclic) bond motifs is 3. The first-order valence-corrected chi connectivity index (χ1v) is 14.6. The number of para-hydroxylation sites is 1. The normalized spacial score (nSPS) is 28.2. The molecule has 3 aromatic rings. The monoisotopic (exact) mass is 608 g/mol. The molecular weight excluding hydrogens is 572 g/mol. The zero-order chi connectivity index (χ0) is 30.4. The van der Waals surface area contributed by atoms with Crippen molar-refractivity contribution in [3.8, 4) is 40.2 Å². The van der Waals surface area contributed by atoms with E-state index in [9.17, 15) is 5.11 Å². The van der Waals surface area contributed by atoms with Gasteiger partial charge in [0.15, 0.2) is 28.6 Å². The summed E-state index contributed by atoms with van der Waals surface area (Å²) < 4.78 is 58.7. The zero-order valence-electron chi connectivity index (χ0n) is 25.1. The van der Waals surface area contributed by atoms with E-state index in [-0.39, 0.29) is 32.0 Å². The second-order valence-corrected chi connectivity index (χ2v) is 11.4. The van der Waals surface area contributed by atoms with Crippen LogP contribution in [0.25, 0.3) is 0 Å². The van der Waals surface area contributed by atoms with Gasteiger partial charge in [-0.3, -0.25) is 0 Å². The number of hydrogen-bond acceptors (Lipinski definition) is 11. The van der Waals surface area contributed by atoms with E-state index in [4.69, 9.17) is 47.4 Å². The van der Waals surface area contributed by atoms with E-state index >= 15 is 0 Å². The number of ether oxygens (including phenoxy) is 10. The van der Waals surface area contributed by atoms with Crippen molar-refractivity contribution < 1.29 is 52.5 Å². The van der Waals surface area contributed by atoms with Crippen molar-refractivity contribution in [2.45, 2.75) is 30.5 Å². The van der Waals surface area contributed by atoms with Gasteiger partial charge in [0, 0.05) is 24.7 Å². The van der Waals surface area contributed by atoms with Gasteiger partial charge in [0.25, 0.3) is 0 Å². The van der Waals surface area contributed by atoms with Crippen molar-refractivity contribution in [2.24, 2.45) is 11.8 Å². The predicted molar refractivity (Wildman–Crippen MR) is 155 cm³/mol. The molecule has 234 valence electrons. The Morgan fingerprint density at radius 2 is 1.61 bits per heavy atom. The van der Waals surface area contributed by atoms with Crippen LogP contribution >= 0.6 is 0 Å². The molecule has 0 aromatic heterocycles. The Labute approximate surface area is 255 Å². The highest BCUT2D eigenvalue weighted by Gasteiger charge is 2.61. The quantitative estimate of drug-likeness (QED) is 0.377. The van der Waals surface area contributed by atoms with Gasteiger partial charge in [-0.15, -0.1) is 0 Å². The summed E-state index contributed by atoms with van der Waals surface area (Å²) in [6.45, 7) is 0.945. The predicted octanol–water partition coefficient (Wildman–Crippen LogP) is 4.23. The fourth-order valence-corrected chi connectivity index (χ4v) is 6.71. The van der Waals surface area contributed by atoms with E-state index < -0.39 is 23.9 Å². The van der Waals surface area contributed by atoms with Gasteiger partial charge in [0.05, 0.1) is 53.2 Å². The maximum absolute atomic E-state index is 11.9. The zero-order valence-corrected chi connectivity index (χ0v) is 25.1. The lowest BCUT2D eigenvalue weighted by atomic mass is 9.83. The smallest absolute Gasteiger partial charge is 0.232 e. The first-order valence-electron chi connectivity index (χ1n) is 14.6. The number of benzene rings is 3. The van der Waals surface area contributed by atoms with Crippen LogP contribution in [-0.4, -0.2) is 72.1 Å². The van der Waals surface area contributed by atoms with E-state index in [2.05, 4.69) is 6.07 Å². The first-order chi connectivity index (χ1) is 21.5. The summed E-state index contributed by atoms with van der Waals surface area (Å²) in [5.41, 5.74) is 1.38. The number of rotatable bonds is 9. The second-order valence-electron chi connectivity index (χ2n) is 11.4. The van der Waals surface area contributed by atoms with Gasteiger partial charge >= 0.3 is 0 Å². The molecule has 0 saturated carbocycles. The Balaban J connectivity index is 1.17. The summed E-state index contributed by atoms with van der Waals surface area (Å²) in [5.74, 6) is 3.67. The molecule has 4 heterocycles. The van der Waals surface area contributed by atoms with Gasteiger partial charge in [-0.05, 0) is 47.9 Å². The molecule has 0 aliphatic carbocycles. The van der Waals surface area contributed by atoms with Crippen LogP contribution in [-0.2, 0) is 20.6 Å². The summed E-state index contributed by atoms with van der Waals surface area (Å²) in [7, 11) is 6.40. The van der Waals surface area contributed by atoms with E-state index in [0.717, 1.165) is 28.2 Å². The number of aliphatic hydroxyl groups is 1. The van der Waals surface area contributed by atoms with Gasteiger partial charge in [-0.25, -0.2) is 0 Å². The summed E-state index contributed by atoms with van der Waals surface area (Å²) in [6.07, 6.45) is -1.05. The van der Waals surface area contributed by atoms with Crippen molar-refractivity contribution >= 4 is 0 Å². The molecule has 1 N–H and O–H groups in total. The summed E-state index contributed by atoms with van der Waals surface area (Å²) in [5, 5.41) is 11.9. The largest absolute Gasteiger partial charge is 0.496 e. The molecule has 44 heavy (non-hydrogen) atoms. The third-order valence-electron chi connectivity index (χ3n) is 8.93. The van der Waals surface area contributed by atoms with Crippen molar-refractivity contribution in [1.82, 2.24) is 0 Å². The lowest BCUT2D eigenvalue weighted by Crippen LogP contribution is -2.47. The highest BCUT2D eigenvalue weighted by molar-refractivity contribution is 5.53. The van der Waals surface area contributed by atoms with Gasteiger partial charge in [-0.1, -0.05) is 12.1 Å². The third kappa shape index (κ3) is 4.75. The molecule has 0 spiro atoms. The van der Waals surface area contributed by atoms with Crippen LogP contribution in [0, 0.1) is 11.8 Å². The Kier molecular flexibility index (Phi) is 7.57. The van der Waals surface area contributed by atoms with Crippen molar-refractivity contribution in [3.05, 3.63) is 65.2 Å². The van der Waals surface area contributed by atoms with Crippen LogP contribution in [0.3, 0.4) is 0 Å². The molecule has 2 saturated heterocycles. The molecule has 6 unspecified atom stereocenters. The fourth-order valence-electron chi connectivity index (χ4n) is 6.71. The average molecular weight is 609 g/mol. The maximum Gasteiger partial charge on any atom is 0.232 e. The average Bonchev–Trinajstić information content (AvgIpc) is 3.74. The molecule has 4 aliphatic heterocycles. The SMILES string of the molecule is COCC1Cc2cc(C3OCC4(O)C(Oc5c(OC)cccc5OC)OCC34)c(OC)cc2OC1c1ccc2c(c1)OCO2.